The predicted molar refractivity (Wildman–Crippen MR) is 203 cm³/mol. The van der Waals surface area contributed by atoms with Crippen LogP contribution in [0.2, 0.25) is 0 Å². The van der Waals surface area contributed by atoms with Gasteiger partial charge in [-0.15, -0.1) is 12.8 Å². The van der Waals surface area contributed by atoms with Crippen LogP contribution in [-0.4, -0.2) is 87.5 Å². The molecule has 6 unspecified atom stereocenters. The monoisotopic (exact) mass is 848 g/mol. The first-order valence-corrected chi connectivity index (χ1v) is 21.5. The number of carbonyl (C=O) groups is 2. The lowest BCUT2D eigenvalue weighted by atomic mass is 9.43. The summed E-state index contributed by atoms with van der Waals surface area (Å²) in [5.41, 5.74) is -5.42. The first-order chi connectivity index (χ1) is 24.2. The third-order valence-corrected chi connectivity index (χ3v) is 19.4. The number of fused-ring (bicyclic) bond motifs is 10. The number of aliphatic hydroxyl groups is 6. The maximum atomic E-state index is 12.7. The lowest BCUT2D eigenvalue weighted by Gasteiger charge is -2.62. The molecule has 0 aromatic heterocycles. The van der Waals surface area contributed by atoms with Crippen molar-refractivity contribution < 1.29 is 40.2 Å². The van der Waals surface area contributed by atoms with Crippen LogP contribution in [0.4, 0.5) is 0 Å². The van der Waals surface area contributed by atoms with E-state index >= 15 is 0 Å². The molecule has 0 spiro atoms. The van der Waals surface area contributed by atoms with Gasteiger partial charge in [0.25, 0.3) is 0 Å². The fraction of sp³-hybridized carbons (Fsp3) is 0.857. The van der Waals surface area contributed by atoms with E-state index in [1.54, 1.807) is 0 Å². The van der Waals surface area contributed by atoms with Crippen molar-refractivity contribution in [2.45, 2.75) is 150 Å². The Morgan fingerprint density at radius 3 is 1.27 bits per heavy atom. The third-order valence-electron chi connectivity index (χ3n) is 17.8. The second-order valence-electron chi connectivity index (χ2n) is 19.4. The van der Waals surface area contributed by atoms with Crippen LogP contribution >= 0.6 is 31.9 Å². The van der Waals surface area contributed by atoms with Crippen molar-refractivity contribution in [3.63, 3.8) is 0 Å². The maximum absolute atomic E-state index is 12.7. The summed E-state index contributed by atoms with van der Waals surface area (Å²) in [5, 5.41) is 65.7. The molecule has 10 heteroatoms. The Balaban J connectivity index is 0.000000162. The molecule has 8 fully saturated rings. The Hall–Kier alpha value is -0.820. The minimum absolute atomic E-state index is 0.106. The number of alkyl halides is 2. The highest BCUT2D eigenvalue weighted by molar-refractivity contribution is 9.09. The van der Waals surface area contributed by atoms with Crippen LogP contribution in [0.1, 0.15) is 105 Å². The van der Waals surface area contributed by atoms with Gasteiger partial charge in [-0.1, -0.05) is 71.4 Å². The first kappa shape index (κ1) is 39.4. The van der Waals surface area contributed by atoms with Crippen molar-refractivity contribution >= 4 is 43.4 Å². The maximum Gasteiger partial charge on any atom is 0.206 e. The standard InChI is InChI=1S/2C21H29BrO4/c2*1-4-21(26)18(25)17(24)16-15-13(6-8-20(16,21)3)19(2)7-5-12(22)9-11(19)10-14(15)23/h2*1,11-17,23-24,26H,5-10H2,2-3H3/t11-,12-,13?,14-,15?,16?,17+,19-,20-,21-;11-,12-,13?,14-,15?,16?,17-,19-,20-,21-/m00/s1. The minimum Gasteiger partial charge on any atom is -0.393 e. The van der Waals surface area contributed by atoms with Gasteiger partial charge in [0.15, 0.2) is 11.2 Å². The lowest BCUT2D eigenvalue weighted by Crippen LogP contribution is -2.61. The Labute approximate surface area is 325 Å². The number of hydrogen-bond donors (Lipinski definition) is 6. The second kappa shape index (κ2) is 12.9. The number of hydrogen-bond acceptors (Lipinski definition) is 8. The number of halogens is 2. The molecule has 0 radical (unpaired) electrons. The molecular weight excluding hydrogens is 792 g/mol. The highest BCUT2D eigenvalue weighted by atomic mass is 79.9. The average Bonchev–Trinajstić information content (AvgIpc) is 3.36. The zero-order valence-electron chi connectivity index (χ0n) is 31.0. The van der Waals surface area contributed by atoms with E-state index in [0.29, 0.717) is 47.2 Å². The molecule has 0 saturated heterocycles. The van der Waals surface area contributed by atoms with E-state index in [9.17, 15) is 40.2 Å². The van der Waals surface area contributed by atoms with Crippen LogP contribution in [0.3, 0.4) is 0 Å². The van der Waals surface area contributed by atoms with Gasteiger partial charge in [0.05, 0.1) is 12.2 Å². The number of rotatable bonds is 0. The van der Waals surface area contributed by atoms with Crippen LogP contribution < -0.4 is 0 Å². The zero-order chi connectivity index (χ0) is 38.1. The molecule has 0 heterocycles. The van der Waals surface area contributed by atoms with Crippen LogP contribution in [-0.2, 0) is 9.59 Å². The van der Waals surface area contributed by atoms with E-state index in [-0.39, 0.29) is 34.5 Å². The molecule has 288 valence electrons. The molecule has 6 N–H and O–H groups in total. The second-order valence-corrected chi connectivity index (χ2v) is 22.0. The van der Waals surface area contributed by atoms with Crippen LogP contribution in [0, 0.1) is 93.7 Å². The SMILES string of the molecule is C#C[C@]1(O)C(=O)[C@@H](O)C2C3C(CC[C@@]21C)[C@@]1(C)CC[C@H](Br)C[C@H]1C[C@@H]3O.C#C[C@]1(O)C(=O)[C@H](O)C2C3C(CC[C@@]21C)[C@@]1(C)CC[C@H](Br)C[C@H]1C[C@@H]3O. The van der Waals surface area contributed by atoms with E-state index < -0.39 is 69.9 Å². The van der Waals surface area contributed by atoms with Crippen LogP contribution in [0.15, 0.2) is 0 Å². The average molecular weight is 851 g/mol. The third kappa shape index (κ3) is 4.99. The summed E-state index contributed by atoms with van der Waals surface area (Å²) >= 11 is 7.51. The predicted octanol–water partition coefficient (Wildman–Crippen LogP) is 4.56. The molecule has 52 heavy (non-hydrogen) atoms. The zero-order valence-corrected chi connectivity index (χ0v) is 34.2. The molecular formula is C42H58Br2O8. The summed E-state index contributed by atoms with van der Waals surface area (Å²) < 4.78 is 0. The molecule has 0 aromatic rings. The van der Waals surface area contributed by atoms with Gasteiger partial charge < -0.3 is 30.6 Å². The van der Waals surface area contributed by atoms with Crippen molar-refractivity contribution in [2.24, 2.45) is 69.0 Å². The van der Waals surface area contributed by atoms with Gasteiger partial charge in [-0.2, -0.15) is 0 Å². The van der Waals surface area contributed by atoms with Gasteiger partial charge in [-0.05, 0) is 123 Å². The summed E-state index contributed by atoms with van der Waals surface area (Å²) in [5.74, 6) is 3.33. The van der Waals surface area contributed by atoms with Gasteiger partial charge in [-0.25, -0.2) is 0 Å². The minimum atomic E-state index is -1.94. The van der Waals surface area contributed by atoms with E-state index in [1.807, 2.05) is 13.8 Å². The quantitative estimate of drug-likeness (QED) is 0.153. The highest BCUT2D eigenvalue weighted by Crippen LogP contribution is 2.69. The Morgan fingerprint density at radius 1 is 0.596 bits per heavy atom. The van der Waals surface area contributed by atoms with Crippen LogP contribution in [0.5, 0.6) is 0 Å². The lowest BCUT2D eigenvalue weighted by molar-refractivity contribution is -0.185. The van der Waals surface area contributed by atoms with E-state index in [4.69, 9.17) is 12.8 Å². The van der Waals surface area contributed by atoms with Gasteiger partial charge in [0.1, 0.15) is 12.2 Å². The van der Waals surface area contributed by atoms with Gasteiger partial charge in [0.2, 0.25) is 11.6 Å². The van der Waals surface area contributed by atoms with Crippen molar-refractivity contribution in [2.75, 3.05) is 0 Å². The summed E-state index contributed by atoms with van der Waals surface area (Å²) in [6.07, 6.45) is 18.2. The summed E-state index contributed by atoms with van der Waals surface area (Å²) in [7, 11) is 0. The van der Waals surface area contributed by atoms with Gasteiger partial charge in [-0.3, -0.25) is 9.59 Å². The molecule has 8 saturated carbocycles. The molecule has 8 rings (SSSR count). The molecule has 0 bridgehead atoms. The highest BCUT2D eigenvalue weighted by Gasteiger charge is 2.74. The Bertz CT molecular complexity index is 1460. The van der Waals surface area contributed by atoms with Crippen molar-refractivity contribution in [1.29, 1.82) is 0 Å². The summed E-state index contributed by atoms with van der Waals surface area (Å²) in [6, 6.07) is 0. The molecule has 0 aliphatic heterocycles. The van der Waals surface area contributed by atoms with E-state index in [2.05, 4.69) is 57.5 Å². The number of ketones is 2. The molecule has 20 atom stereocenters. The summed E-state index contributed by atoms with van der Waals surface area (Å²) in [4.78, 5) is 26.4. The van der Waals surface area contributed by atoms with Crippen molar-refractivity contribution in [3.8, 4) is 24.7 Å². The fourth-order valence-corrected chi connectivity index (χ4v) is 16.0. The number of carbonyl (C=O) groups excluding carboxylic acids is 2. The smallest absolute Gasteiger partial charge is 0.206 e. The number of Topliss-reactive ketones (excluding diaryl/α,β-unsaturated/α-hetero) is 2. The molecule has 0 aromatic carbocycles. The summed E-state index contributed by atoms with van der Waals surface area (Å²) in [6.45, 7) is 8.33. The van der Waals surface area contributed by atoms with Crippen molar-refractivity contribution in [3.05, 3.63) is 0 Å². The van der Waals surface area contributed by atoms with E-state index in [0.717, 1.165) is 51.4 Å². The number of aliphatic hydroxyl groups excluding tert-OH is 4. The topological polar surface area (TPSA) is 156 Å². The first-order valence-electron chi connectivity index (χ1n) is 19.7. The van der Waals surface area contributed by atoms with Crippen molar-refractivity contribution in [1.82, 2.24) is 0 Å². The Morgan fingerprint density at radius 2 is 0.942 bits per heavy atom. The number of terminal acetylenes is 2. The molecule has 8 aliphatic rings. The fourth-order valence-electron chi connectivity index (χ4n) is 14.6. The van der Waals surface area contributed by atoms with E-state index in [1.165, 1.54) is 0 Å². The molecule has 0 amide bonds. The largest absolute Gasteiger partial charge is 0.393 e. The molecule has 8 nitrogen and oxygen atoms in total. The van der Waals surface area contributed by atoms with Crippen LogP contribution in [0.25, 0.3) is 0 Å². The van der Waals surface area contributed by atoms with Gasteiger partial charge in [0, 0.05) is 32.3 Å². The van der Waals surface area contributed by atoms with Gasteiger partial charge >= 0.3 is 0 Å². The normalized spacial score (nSPS) is 59.1. The molecule has 8 aliphatic carbocycles. The Kier molecular flexibility index (Phi) is 9.74.